The highest BCUT2D eigenvalue weighted by molar-refractivity contribution is 5.85. The minimum absolute atomic E-state index is 0.248. The van der Waals surface area contributed by atoms with E-state index in [4.69, 9.17) is 18.9 Å². The van der Waals surface area contributed by atoms with E-state index in [9.17, 15) is 28.8 Å². The minimum Gasteiger partial charge on any atom is -0.353 e. The van der Waals surface area contributed by atoms with Gasteiger partial charge in [0.2, 0.25) is 0 Å². The zero-order valence-electron chi connectivity index (χ0n) is 19.7. The molecule has 0 aromatic heterocycles. The Bertz CT molecular complexity index is 693. The van der Waals surface area contributed by atoms with Gasteiger partial charge in [-0.25, -0.2) is 9.59 Å². The number of Topliss-reactive ketones (excluding diaryl/α,β-unsaturated/α-hetero) is 4. The fraction of sp³-hybridized carbons (Fsp3) is 0.700. The Hall–Kier alpha value is -2.94. The summed E-state index contributed by atoms with van der Waals surface area (Å²) in [5.74, 6) is -1.03. The van der Waals surface area contributed by atoms with Gasteiger partial charge in [-0.2, -0.15) is 0 Å². The maximum absolute atomic E-state index is 13.2. The summed E-state index contributed by atoms with van der Waals surface area (Å²) < 4.78 is 21.3. The number of amides is 4. The lowest BCUT2D eigenvalue weighted by atomic mass is 10.3. The third kappa shape index (κ3) is 7.03. The lowest BCUT2D eigenvalue weighted by Crippen LogP contribution is -2.48. The largest absolute Gasteiger partial charge is 0.353 e. The van der Waals surface area contributed by atoms with Crippen molar-refractivity contribution in [2.75, 3.05) is 53.4 Å². The predicted octanol–water partition coefficient (Wildman–Crippen LogP) is -0.634. The number of hydrogen-bond acceptors (Lipinski definition) is 10. The highest BCUT2D eigenvalue weighted by atomic mass is 16.5. The first-order valence-electron chi connectivity index (χ1n) is 10.5. The molecule has 14 heteroatoms. The van der Waals surface area contributed by atoms with Crippen LogP contribution in [0.5, 0.6) is 0 Å². The summed E-state index contributed by atoms with van der Waals surface area (Å²) in [6, 6.07) is -1.16. The van der Waals surface area contributed by atoms with Crippen molar-refractivity contribution in [2.45, 2.75) is 40.0 Å². The number of carbonyl (C=O) groups is 6. The maximum Gasteiger partial charge on any atom is 0.327 e. The third-order valence-electron chi connectivity index (χ3n) is 4.67. The topological polar surface area (TPSA) is 152 Å². The van der Waals surface area contributed by atoms with E-state index in [1.807, 2.05) is 0 Å². The first-order valence-corrected chi connectivity index (χ1v) is 10.5. The highest BCUT2D eigenvalue weighted by Gasteiger charge is 2.59. The molecule has 0 N–H and O–H groups in total. The fourth-order valence-electron chi connectivity index (χ4n) is 3.44. The number of nitrogens with zero attached hydrogens (tertiary/aromatic N) is 4. The van der Waals surface area contributed by atoms with Gasteiger partial charge in [0.15, 0.2) is 35.5 Å². The van der Waals surface area contributed by atoms with E-state index in [-0.39, 0.29) is 76.5 Å². The quantitative estimate of drug-likeness (QED) is 0.275. The van der Waals surface area contributed by atoms with Gasteiger partial charge < -0.3 is 18.9 Å². The summed E-state index contributed by atoms with van der Waals surface area (Å²) in [5.41, 5.74) is 0. The van der Waals surface area contributed by atoms with Gasteiger partial charge in [0.05, 0.1) is 0 Å². The molecule has 0 radical (unpaired) electrons. The molecular weight excluding hydrogens is 456 g/mol. The van der Waals surface area contributed by atoms with Crippen LogP contribution in [0, 0.1) is 0 Å². The van der Waals surface area contributed by atoms with Gasteiger partial charge in [-0.05, 0) is 27.7 Å². The first kappa shape index (κ1) is 27.3. The average molecular weight is 486 g/mol. The Morgan fingerprint density at radius 2 is 0.735 bits per heavy atom. The van der Waals surface area contributed by atoms with Crippen LogP contribution in [0.4, 0.5) is 9.59 Å². The Labute approximate surface area is 196 Å². The second-order valence-corrected chi connectivity index (χ2v) is 7.99. The molecule has 0 aliphatic carbocycles. The van der Waals surface area contributed by atoms with Crippen molar-refractivity contribution in [3.05, 3.63) is 0 Å². The van der Waals surface area contributed by atoms with Gasteiger partial charge in [-0.15, -0.1) is 0 Å². The molecule has 2 aliphatic heterocycles. The van der Waals surface area contributed by atoms with Crippen molar-refractivity contribution >= 4 is 35.2 Å². The van der Waals surface area contributed by atoms with E-state index in [1.165, 1.54) is 47.3 Å². The van der Waals surface area contributed by atoms with E-state index in [0.29, 0.717) is 0 Å². The van der Waals surface area contributed by atoms with E-state index in [2.05, 4.69) is 0 Å². The van der Waals surface area contributed by atoms with Crippen LogP contribution >= 0.6 is 0 Å². The molecular formula is C20H30N4O10. The number of hydrogen-bond donors (Lipinski definition) is 0. The van der Waals surface area contributed by atoms with Crippen LogP contribution in [0.3, 0.4) is 0 Å². The predicted molar refractivity (Wildman–Crippen MR) is 112 cm³/mol. The molecule has 34 heavy (non-hydrogen) atoms. The number of ketones is 4. The van der Waals surface area contributed by atoms with Gasteiger partial charge in [0.25, 0.3) is 0 Å². The van der Waals surface area contributed by atoms with Gasteiger partial charge in [-0.1, -0.05) is 0 Å². The van der Waals surface area contributed by atoms with Crippen LogP contribution < -0.4 is 0 Å². The number of ether oxygens (including phenoxy) is 4. The molecule has 0 aromatic carbocycles. The van der Waals surface area contributed by atoms with Crippen molar-refractivity contribution in [3.63, 3.8) is 0 Å². The van der Waals surface area contributed by atoms with Crippen molar-refractivity contribution < 1.29 is 47.7 Å². The van der Waals surface area contributed by atoms with E-state index in [1.54, 1.807) is 0 Å². The van der Waals surface area contributed by atoms with Crippen molar-refractivity contribution in [1.29, 1.82) is 0 Å². The molecule has 0 bridgehead atoms. The SMILES string of the molecule is CC(=O)COCN1C(=O)N(COCC(C)=O)C2C1N(COCC(C)=O)C(=O)N2COCC(C)=O. The molecule has 2 rings (SSSR count). The molecule has 0 saturated carbocycles. The monoisotopic (exact) mass is 486 g/mol. The summed E-state index contributed by atoms with van der Waals surface area (Å²) in [6.07, 6.45) is -1.89. The van der Waals surface area contributed by atoms with Gasteiger partial charge >= 0.3 is 12.1 Å². The molecule has 2 aliphatic rings. The van der Waals surface area contributed by atoms with Gasteiger partial charge in [0.1, 0.15) is 53.4 Å². The van der Waals surface area contributed by atoms with E-state index in [0.717, 1.165) is 0 Å². The molecule has 0 aromatic rings. The van der Waals surface area contributed by atoms with Crippen LogP contribution in [0.25, 0.3) is 0 Å². The molecule has 14 nitrogen and oxygen atoms in total. The number of urea groups is 2. The third-order valence-corrected chi connectivity index (χ3v) is 4.67. The molecule has 2 heterocycles. The Balaban J connectivity index is 2.31. The van der Waals surface area contributed by atoms with Crippen LogP contribution in [0.1, 0.15) is 27.7 Å². The normalized spacial score (nSPS) is 19.8. The van der Waals surface area contributed by atoms with Crippen molar-refractivity contribution in [3.8, 4) is 0 Å². The van der Waals surface area contributed by atoms with Crippen LogP contribution in [0.15, 0.2) is 0 Å². The van der Waals surface area contributed by atoms with Crippen LogP contribution in [0.2, 0.25) is 0 Å². The van der Waals surface area contributed by atoms with Crippen molar-refractivity contribution in [2.24, 2.45) is 0 Å². The van der Waals surface area contributed by atoms with Gasteiger partial charge in [0, 0.05) is 0 Å². The Morgan fingerprint density at radius 3 is 0.912 bits per heavy atom. The Morgan fingerprint density at radius 1 is 0.529 bits per heavy atom. The summed E-state index contributed by atoms with van der Waals surface area (Å²) in [5, 5.41) is 0. The van der Waals surface area contributed by atoms with Crippen LogP contribution in [-0.2, 0) is 38.1 Å². The molecule has 0 spiro atoms. The molecule has 4 amide bonds. The molecule has 190 valence electrons. The van der Waals surface area contributed by atoms with E-state index < -0.39 is 24.4 Å². The zero-order valence-corrected chi connectivity index (χ0v) is 19.7. The summed E-state index contributed by atoms with van der Waals surface area (Å²) in [7, 11) is 0. The second kappa shape index (κ2) is 12.5. The zero-order chi connectivity index (χ0) is 25.4. The number of fused-ring (bicyclic) bond motifs is 1. The molecule has 0 atom stereocenters. The summed E-state index contributed by atoms with van der Waals surface area (Å²) >= 11 is 0. The lowest BCUT2D eigenvalue weighted by Gasteiger charge is -2.29. The first-order chi connectivity index (χ1) is 16.0. The maximum atomic E-state index is 13.2. The molecule has 2 saturated heterocycles. The Kier molecular flexibility index (Phi) is 10.0. The standard InChI is InChI=1S/C20H30N4O10/c1-13(25)5-31-9-21-17-18(23(19(21)29)11-33-7-15(3)27)24(12-34-8-16(4)28)20(30)22(17)10-32-6-14(2)26/h17-18H,5-12H2,1-4H3. The van der Waals surface area contributed by atoms with Gasteiger partial charge in [-0.3, -0.25) is 38.8 Å². The summed E-state index contributed by atoms with van der Waals surface area (Å²) in [6.45, 7) is 3.04. The number of carbonyl (C=O) groups excluding carboxylic acids is 6. The lowest BCUT2D eigenvalue weighted by molar-refractivity contribution is -0.126. The highest BCUT2D eigenvalue weighted by Crippen LogP contribution is 2.35. The second-order valence-electron chi connectivity index (χ2n) is 7.99. The molecule has 2 fully saturated rings. The fourth-order valence-corrected chi connectivity index (χ4v) is 3.44. The molecule has 0 unspecified atom stereocenters. The average Bonchev–Trinajstić information content (AvgIpc) is 3.14. The smallest absolute Gasteiger partial charge is 0.327 e. The summed E-state index contributed by atoms with van der Waals surface area (Å²) in [4.78, 5) is 76.4. The van der Waals surface area contributed by atoms with Crippen LogP contribution in [-0.4, -0.2) is 120 Å². The number of rotatable bonds is 16. The van der Waals surface area contributed by atoms with Crippen molar-refractivity contribution in [1.82, 2.24) is 19.6 Å². The van der Waals surface area contributed by atoms with E-state index >= 15 is 0 Å². The minimum atomic E-state index is -0.944.